The van der Waals surface area contributed by atoms with E-state index in [-0.39, 0.29) is 17.4 Å². The molecular weight excluding hydrogens is 629 g/mol. The van der Waals surface area contributed by atoms with Gasteiger partial charge in [0.25, 0.3) is 11.8 Å². The number of thioether (sulfide) groups is 1. The van der Waals surface area contributed by atoms with Gasteiger partial charge >= 0.3 is 0 Å². The maximum absolute atomic E-state index is 13.5. The Morgan fingerprint density at radius 2 is 1.69 bits per heavy atom. The fraction of sp³-hybridized carbons (Fsp3) is 0.0909. The van der Waals surface area contributed by atoms with Gasteiger partial charge in [0.05, 0.1) is 30.5 Å². The molecule has 0 aliphatic heterocycles. The van der Waals surface area contributed by atoms with E-state index in [1.165, 1.54) is 37.3 Å². The minimum atomic E-state index is -0.528. The fourth-order valence-corrected chi connectivity index (χ4v) is 6.33. The lowest BCUT2D eigenvalue weighted by Crippen LogP contribution is -2.30. The van der Waals surface area contributed by atoms with Crippen LogP contribution in [0.4, 0.5) is 10.8 Å². The van der Waals surface area contributed by atoms with Crippen LogP contribution in [0.5, 0.6) is 11.5 Å². The highest BCUT2D eigenvalue weighted by atomic mass is 32.2. The molecule has 0 atom stereocenters. The van der Waals surface area contributed by atoms with Crippen molar-refractivity contribution < 1.29 is 23.9 Å². The Morgan fingerprint density at radius 1 is 0.867 bits per heavy atom. The summed E-state index contributed by atoms with van der Waals surface area (Å²) in [5.41, 5.74) is 2.38. The molecule has 0 saturated heterocycles. The van der Waals surface area contributed by atoms with Gasteiger partial charge in [-0.05, 0) is 65.6 Å². The molecule has 3 aromatic carbocycles. The maximum Gasteiger partial charge on any atom is 0.272 e. The first-order chi connectivity index (χ1) is 21.9. The zero-order valence-corrected chi connectivity index (χ0v) is 26.7. The van der Waals surface area contributed by atoms with Crippen molar-refractivity contribution in [1.29, 1.82) is 0 Å². The number of nitrogens with zero attached hydrogens (tertiary/aromatic N) is 1. The van der Waals surface area contributed by atoms with Crippen LogP contribution in [0.3, 0.4) is 0 Å². The summed E-state index contributed by atoms with van der Waals surface area (Å²) in [4.78, 5) is 45.4. The molecule has 0 radical (unpaired) electrons. The summed E-state index contributed by atoms with van der Waals surface area (Å²) in [6.07, 6.45) is 1.56. The third-order valence-electron chi connectivity index (χ3n) is 6.23. The molecule has 2 heterocycles. The Bertz CT molecular complexity index is 1820. The van der Waals surface area contributed by atoms with Crippen LogP contribution in [0, 0.1) is 0 Å². The van der Waals surface area contributed by atoms with Crippen LogP contribution in [-0.4, -0.2) is 42.7 Å². The van der Waals surface area contributed by atoms with E-state index in [2.05, 4.69) is 20.9 Å². The molecule has 2 aromatic heterocycles. The van der Waals surface area contributed by atoms with Crippen LogP contribution in [0.15, 0.2) is 106 Å². The van der Waals surface area contributed by atoms with Gasteiger partial charge < -0.3 is 25.4 Å². The van der Waals surface area contributed by atoms with Gasteiger partial charge in [0.2, 0.25) is 5.91 Å². The molecule has 3 amide bonds. The molecule has 5 rings (SSSR count). The minimum absolute atomic E-state index is 0.0267. The molecule has 0 aliphatic rings. The zero-order valence-electron chi connectivity index (χ0n) is 24.2. The largest absolute Gasteiger partial charge is 0.493 e. The number of aromatic nitrogens is 1. The highest BCUT2D eigenvalue weighted by Crippen LogP contribution is 2.30. The Morgan fingerprint density at radius 3 is 2.44 bits per heavy atom. The summed E-state index contributed by atoms with van der Waals surface area (Å²) in [7, 11) is 3.06. The number of methoxy groups -OCH3 is 2. The third-order valence-corrected chi connectivity index (χ3v) is 8.88. The van der Waals surface area contributed by atoms with E-state index < -0.39 is 11.8 Å². The predicted molar refractivity (Wildman–Crippen MR) is 181 cm³/mol. The number of rotatable bonds is 12. The second-order valence-electron chi connectivity index (χ2n) is 9.33. The molecule has 45 heavy (non-hydrogen) atoms. The first-order valence-corrected chi connectivity index (χ1v) is 16.3. The molecule has 228 valence electrons. The number of carbonyl (C=O) groups excluding carboxylic acids is 3. The fourth-order valence-electron chi connectivity index (χ4n) is 4.09. The monoisotopic (exact) mass is 656 g/mol. The van der Waals surface area contributed by atoms with Crippen molar-refractivity contribution in [3.05, 3.63) is 113 Å². The van der Waals surface area contributed by atoms with Crippen molar-refractivity contribution in [1.82, 2.24) is 10.3 Å². The number of hydrogen-bond acceptors (Lipinski definition) is 9. The quantitative estimate of drug-likeness (QED) is 0.0975. The number of ether oxygens (including phenoxy) is 2. The number of carbonyl (C=O) groups is 3. The highest BCUT2D eigenvalue weighted by Gasteiger charge is 2.16. The molecule has 0 saturated carbocycles. The molecule has 0 spiro atoms. The number of hydrogen-bond donors (Lipinski definition) is 3. The lowest BCUT2D eigenvalue weighted by Gasteiger charge is -2.13. The topological polar surface area (TPSA) is 119 Å². The van der Waals surface area contributed by atoms with Gasteiger partial charge in [0.1, 0.15) is 5.70 Å². The van der Waals surface area contributed by atoms with Gasteiger partial charge in [-0.1, -0.05) is 36.4 Å². The first kappa shape index (κ1) is 31.5. The number of thiophene rings is 1. The Hall–Kier alpha value is -4.91. The summed E-state index contributed by atoms with van der Waals surface area (Å²) >= 11 is 4.29. The Kier molecular flexibility index (Phi) is 10.6. The molecule has 9 nitrogen and oxygen atoms in total. The number of nitrogens with one attached hydrogen (secondary N) is 3. The molecule has 3 N–H and O–H groups in total. The minimum Gasteiger partial charge on any atom is -0.493 e. The molecule has 0 aliphatic carbocycles. The highest BCUT2D eigenvalue weighted by molar-refractivity contribution is 8.00. The van der Waals surface area contributed by atoms with E-state index in [0.29, 0.717) is 33.4 Å². The lowest BCUT2D eigenvalue weighted by atomic mass is 10.1. The average molecular weight is 657 g/mol. The SMILES string of the molecule is COc1ccc(/C=C(/NC(=O)c2ccccc2)C(=O)Nc2cccc(SCC(=O)Nc3nc(-c4cccs4)cs3)c2)cc1OC. The summed E-state index contributed by atoms with van der Waals surface area (Å²) in [5, 5.41) is 12.9. The molecule has 12 heteroatoms. The molecule has 0 fully saturated rings. The molecule has 0 bridgehead atoms. The van der Waals surface area contributed by atoms with Gasteiger partial charge in [-0.25, -0.2) is 4.98 Å². The third kappa shape index (κ3) is 8.60. The number of anilines is 2. The average Bonchev–Trinajstić information content (AvgIpc) is 3.77. The number of thiazole rings is 1. The van der Waals surface area contributed by atoms with E-state index in [0.717, 1.165) is 15.5 Å². The van der Waals surface area contributed by atoms with E-state index >= 15 is 0 Å². The number of amides is 3. The van der Waals surface area contributed by atoms with Crippen molar-refractivity contribution in [3.63, 3.8) is 0 Å². The second kappa shape index (κ2) is 15.2. The Balaban J connectivity index is 1.27. The second-order valence-corrected chi connectivity index (χ2v) is 12.2. The molecule has 5 aromatic rings. The van der Waals surface area contributed by atoms with Crippen LogP contribution >= 0.6 is 34.4 Å². The van der Waals surface area contributed by atoms with Crippen LogP contribution < -0.4 is 25.4 Å². The normalized spacial score (nSPS) is 11.0. The van der Waals surface area contributed by atoms with Crippen LogP contribution in [-0.2, 0) is 9.59 Å². The van der Waals surface area contributed by atoms with Crippen molar-refractivity contribution in [2.45, 2.75) is 4.90 Å². The Labute approximate surface area is 272 Å². The smallest absolute Gasteiger partial charge is 0.272 e. The van der Waals surface area contributed by atoms with E-state index in [9.17, 15) is 14.4 Å². The van der Waals surface area contributed by atoms with Crippen LogP contribution in [0.1, 0.15) is 15.9 Å². The van der Waals surface area contributed by atoms with E-state index in [4.69, 9.17) is 9.47 Å². The van der Waals surface area contributed by atoms with Crippen LogP contribution in [0.25, 0.3) is 16.6 Å². The van der Waals surface area contributed by atoms with Crippen molar-refractivity contribution in [2.75, 3.05) is 30.6 Å². The van der Waals surface area contributed by atoms with Gasteiger partial charge in [0, 0.05) is 21.5 Å². The predicted octanol–water partition coefficient (Wildman–Crippen LogP) is 7.03. The van der Waals surface area contributed by atoms with Crippen molar-refractivity contribution in [2.24, 2.45) is 0 Å². The van der Waals surface area contributed by atoms with Gasteiger partial charge in [-0.2, -0.15) is 0 Å². The van der Waals surface area contributed by atoms with Gasteiger partial charge in [-0.3, -0.25) is 14.4 Å². The number of benzene rings is 3. The van der Waals surface area contributed by atoms with Crippen molar-refractivity contribution in [3.8, 4) is 22.1 Å². The summed E-state index contributed by atoms with van der Waals surface area (Å²) in [6, 6.07) is 24.9. The van der Waals surface area contributed by atoms with E-state index in [1.807, 2.05) is 29.0 Å². The standard InChI is InChI=1S/C33H28N4O5S3/c1-41-27-14-13-21(17-28(27)42-2)16-25(35-31(39)22-8-4-3-5-9-22)32(40)34-23-10-6-11-24(18-23)44-20-30(38)37-33-36-26(19-45-33)29-12-7-15-43-29/h3-19H,20H2,1-2H3,(H,34,40)(H,35,39)(H,36,37,38)/b25-16+. The first-order valence-electron chi connectivity index (χ1n) is 13.6. The molecular formula is C33H28N4O5S3. The summed E-state index contributed by atoms with van der Waals surface area (Å²) in [6.45, 7) is 0. The summed E-state index contributed by atoms with van der Waals surface area (Å²) < 4.78 is 10.7. The molecule has 0 unspecified atom stereocenters. The van der Waals surface area contributed by atoms with Crippen LogP contribution in [0.2, 0.25) is 0 Å². The lowest BCUT2D eigenvalue weighted by molar-refractivity contribution is -0.114. The van der Waals surface area contributed by atoms with Crippen molar-refractivity contribution >= 4 is 69.1 Å². The summed E-state index contributed by atoms with van der Waals surface area (Å²) in [5.74, 6) is 0.0157. The van der Waals surface area contributed by atoms with E-state index in [1.54, 1.807) is 84.1 Å². The van der Waals surface area contributed by atoms with Gasteiger partial charge in [0.15, 0.2) is 16.6 Å². The maximum atomic E-state index is 13.5. The van der Waals surface area contributed by atoms with Gasteiger partial charge in [-0.15, -0.1) is 34.4 Å². The zero-order chi connectivity index (χ0) is 31.6.